The molecule has 2 aliphatic carbocycles. The van der Waals surface area contributed by atoms with E-state index in [1.54, 1.807) is 37.3 Å². The van der Waals surface area contributed by atoms with Crippen LogP contribution in [0.4, 0.5) is 5.69 Å². The molecule has 0 saturated heterocycles. The number of methoxy groups -OCH3 is 1. The Morgan fingerprint density at radius 2 is 1.75 bits per heavy atom. The Morgan fingerprint density at radius 1 is 1.03 bits per heavy atom. The van der Waals surface area contributed by atoms with Gasteiger partial charge in [-0.05, 0) is 50.8 Å². The van der Waals surface area contributed by atoms with Crippen molar-refractivity contribution < 1.29 is 23.9 Å². The first-order chi connectivity index (χ1) is 17.3. The Hall–Kier alpha value is -2.61. The SMILES string of the molecule is CO[C@H]1CN(C)C(=O)c2cc(NC(=O)C3CC3)ccc2OC[C@@H](C)N(C(=O)C2CCCCC2)C[C@H]1C. The molecule has 1 heterocycles. The number of amides is 3. The number of carbonyl (C=O) groups is 3. The number of hydrogen-bond acceptors (Lipinski definition) is 5. The van der Waals surface area contributed by atoms with E-state index >= 15 is 0 Å². The summed E-state index contributed by atoms with van der Waals surface area (Å²) in [6.45, 7) is 5.31. The Morgan fingerprint density at radius 3 is 2.42 bits per heavy atom. The molecule has 2 saturated carbocycles. The maximum absolute atomic E-state index is 13.6. The Bertz CT molecular complexity index is 957. The molecule has 1 N–H and O–H groups in total. The van der Waals surface area contributed by atoms with E-state index in [1.807, 2.05) is 11.8 Å². The summed E-state index contributed by atoms with van der Waals surface area (Å²) in [5.74, 6) is 0.620. The van der Waals surface area contributed by atoms with Gasteiger partial charge in [-0.3, -0.25) is 14.4 Å². The van der Waals surface area contributed by atoms with Gasteiger partial charge in [0.25, 0.3) is 5.91 Å². The molecule has 4 rings (SSSR count). The summed E-state index contributed by atoms with van der Waals surface area (Å²) < 4.78 is 12.0. The molecule has 8 nitrogen and oxygen atoms in total. The van der Waals surface area contributed by atoms with E-state index in [-0.39, 0.29) is 54.2 Å². The van der Waals surface area contributed by atoms with Gasteiger partial charge in [0.05, 0.1) is 17.7 Å². The van der Waals surface area contributed by atoms with Gasteiger partial charge < -0.3 is 24.6 Å². The van der Waals surface area contributed by atoms with Crippen molar-refractivity contribution in [3.63, 3.8) is 0 Å². The molecule has 0 aromatic heterocycles. The van der Waals surface area contributed by atoms with Crippen LogP contribution in [-0.2, 0) is 14.3 Å². The zero-order valence-corrected chi connectivity index (χ0v) is 22.1. The van der Waals surface area contributed by atoms with E-state index in [0.717, 1.165) is 38.5 Å². The van der Waals surface area contributed by atoms with Gasteiger partial charge in [-0.15, -0.1) is 0 Å². The number of carbonyl (C=O) groups excluding carboxylic acids is 3. The van der Waals surface area contributed by atoms with Gasteiger partial charge in [0, 0.05) is 50.7 Å². The van der Waals surface area contributed by atoms with E-state index in [9.17, 15) is 14.4 Å². The largest absolute Gasteiger partial charge is 0.491 e. The number of anilines is 1. The predicted molar refractivity (Wildman–Crippen MR) is 138 cm³/mol. The first-order valence-electron chi connectivity index (χ1n) is 13.4. The molecule has 0 radical (unpaired) electrons. The number of likely N-dealkylation sites (N-methyl/N-ethyl adjacent to an activating group) is 1. The first kappa shape index (κ1) is 26.5. The van der Waals surface area contributed by atoms with Crippen LogP contribution in [0.1, 0.15) is 69.2 Å². The van der Waals surface area contributed by atoms with E-state index < -0.39 is 0 Å². The van der Waals surface area contributed by atoms with Crippen LogP contribution in [0, 0.1) is 17.8 Å². The van der Waals surface area contributed by atoms with Crippen LogP contribution >= 0.6 is 0 Å². The summed E-state index contributed by atoms with van der Waals surface area (Å²) >= 11 is 0. The van der Waals surface area contributed by atoms with Crippen molar-refractivity contribution in [2.75, 3.05) is 39.2 Å². The minimum absolute atomic E-state index is 0.0106. The average molecular weight is 500 g/mol. The Kier molecular flexibility index (Phi) is 8.54. The van der Waals surface area contributed by atoms with E-state index in [4.69, 9.17) is 9.47 Å². The summed E-state index contributed by atoms with van der Waals surface area (Å²) in [6.07, 6.45) is 6.88. The van der Waals surface area contributed by atoms with Crippen molar-refractivity contribution in [2.24, 2.45) is 17.8 Å². The van der Waals surface area contributed by atoms with Crippen LogP contribution in [0.3, 0.4) is 0 Å². The van der Waals surface area contributed by atoms with Gasteiger partial charge in [-0.2, -0.15) is 0 Å². The third-order valence-corrected chi connectivity index (χ3v) is 7.90. The van der Waals surface area contributed by atoms with Crippen LogP contribution in [0.2, 0.25) is 0 Å². The van der Waals surface area contributed by atoms with Gasteiger partial charge in [0.15, 0.2) is 0 Å². The molecule has 0 spiro atoms. The molecule has 2 fully saturated rings. The lowest BCUT2D eigenvalue weighted by atomic mass is 9.87. The molecule has 0 unspecified atom stereocenters. The molecule has 0 bridgehead atoms. The zero-order valence-electron chi connectivity index (χ0n) is 22.1. The van der Waals surface area contributed by atoms with Crippen molar-refractivity contribution in [2.45, 2.75) is 70.9 Å². The molecule has 1 aliphatic heterocycles. The van der Waals surface area contributed by atoms with Gasteiger partial charge >= 0.3 is 0 Å². The van der Waals surface area contributed by atoms with Crippen molar-refractivity contribution >= 4 is 23.4 Å². The lowest BCUT2D eigenvalue weighted by Gasteiger charge is -2.38. The van der Waals surface area contributed by atoms with Crippen LogP contribution in [0.5, 0.6) is 5.75 Å². The standard InChI is InChI=1S/C28H41N3O5/c1-18-15-31(27(33)21-8-6-5-7-9-21)19(2)17-36-24-13-12-22(29-26(32)20-10-11-20)14-23(24)28(34)30(3)16-25(18)35-4/h12-14,18-21,25H,5-11,15-17H2,1-4H3,(H,29,32)/t18-,19-,25+/m1/s1. The smallest absolute Gasteiger partial charge is 0.257 e. The second-order valence-electron chi connectivity index (χ2n) is 10.9. The molecule has 1 aromatic rings. The van der Waals surface area contributed by atoms with E-state index in [1.165, 1.54) is 6.42 Å². The van der Waals surface area contributed by atoms with Crippen LogP contribution in [0.25, 0.3) is 0 Å². The third kappa shape index (κ3) is 6.20. The number of nitrogens with zero attached hydrogens (tertiary/aromatic N) is 2. The summed E-state index contributed by atoms with van der Waals surface area (Å²) in [5.41, 5.74) is 0.980. The number of hydrogen-bond donors (Lipinski definition) is 1. The molecular weight excluding hydrogens is 458 g/mol. The van der Waals surface area contributed by atoms with Crippen molar-refractivity contribution in [1.82, 2.24) is 9.80 Å². The highest BCUT2D eigenvalue weighted by atomic mass is 16.5. The molecule has 3 aliphatic rings. The highest BCUT2D eigenvalue weighted by Gasteiger charge is 2.34. The lowest BCUT2D eigenvalue weighted by Crippen LogP contribution is -2.50. The molecule has 3 amide bonds. The molecule has 1 aromatic carbocycles. The van der Waals surface area contributed by atoms with E-state index in [2.05, 4.69) is 12.2 Å². The zero-order chi connectivity index (χ0) is 25.8. The second kappa shape index (κ2) is 11.6. The summed E-state index contributed by atoms with van der Waals surface area (Å²) in [5, 5.41) is 2.93. The second-order valence-corrected chi connectivity index (χ2v) is 10.9. The topological polar surface area (TPSA) is 88.2 Å². The Balaban J connectivity index is 1.61. The fraction of sp³-hybridized carbons (Fsp3) is 0.679. The fourth-order valence-corrected chi connectivity index (χ4v) is 5.34. The van der Waals surface area contributed by atoms with Crippen molar-refractivity contribution in [3.8, 4) is 5.75 Å². The predicted octanol–water partition coefficient (Wildman–Crippen LogP) is 3.95. The number of fused-ring (bicyclic) bond motifs is 1. The monoisotopic (exact) mass is 499 g/mol. The normalized spacial score (nSPS) is 26.3. The molecule has 8 heteroatoms. The third-order valence-electron chi connectivity index (χ3n) is 7.90. The summed E-state index contributed by atoms with van der Waals surface area (Å²) in [7, 11) is 3.41. The number of rotatable bonds is 4. The number of ether oxygens (including phenoxy) is 2. The molecule has 3 atom stereocenters. The minimum atomic E-state index is -0.227. The quantitative estimate of drug-likeness (QED) is 0.678. The van der Waals surface area contributed by atoms with Gasteiger partial charge in [-0.25, -0.2) is 0 Å². The fourth-order valence-electron chi connectivity index (χ4n) is 5.34. The molecular formula is C28H41N3O5. The lowest BCUT2D eigenvalue weighted by molar-refractivity contribution is -0.141. The minimum Gasteiger partial charge on any atom is -0.491 e. The first-order valence-corrected chi connectivity index (χ1v) is 13.4. The molecule has 198 valence electrons. The van der Waals surface area contributed by atoms with Crippen LogP contribution < -0.4 is 10.1 Å². The van der Waals surface area contributed by atoms with Crippen molar-refractivity contribution in [3.05, 3.63) is 23.8 Å². The average Bonchev–Trinajstić information content (AvgIpc) is 3.74. The summed E-state index contributed by atoms with van der Waals surface area (Å²) in [4.78, 5) is 43.0. The van der Waals surface area contributed by atoms with E-state index in [0.29, 0.717) is 30.1 Å². The number of benzene rings is 1. The van der Waals surface area contributed by atoms with Gasteiger partial charge in [-0.1, -0.05) is 26.2 Å². The molecule has 36 heavy (non-hydrogen) atoms. The van der Waals surface area contributed by atoms with Crippen LogP contribution in [-0.4, -0.2) is 73.5 Å². The number of nitrogens with one attached hydrogen (secondary N) is 1. The van der Waals surface area contributed by atoms with Gasteiger partial charge in [0.2, 0.25) is 11.8 Å². The summed E-state index contributed by atoms with van der Waals surface area (Å²) in [6, 6.07) is 5.05. The van der Waals surface area contributed by atoms with Crippen LogP contribution in [0.15, 0.2) is 18.2 Å². The van der Waals surface area contributed by atoms with Crippen molar-refractivity contribution in [1.29, 1.82) is 0 Å². The highest BCUT2D eigenvalue weighted by molar-refractivity contribution is 6.00. The maximum Gasteiger partial charge on any atom is 0.257 e. The van der Waals surface area contributed by atoms with Gasteiger partial charge in [0.1, 0.15) is 12.4 Å². The highest BCUT2D eigenvalue weighted by Crippen LogP contribution is 2.32. The maximum atomic E-state index is 13.6. The Labute approximate surface area is 214 Å².